The molecule has 0 saturated heterocycles. The van der Waals surface area contributed by atoms with Gasteiger partial charge in [-0.15, -0.1) is 0 Å². The van der Waals surface area contributed by atoms with Gasteiger partial charge in [0.05, 0.1) is 50.7 Å². The number of aromatic nitrogens is 2. The third-order valence-electron chi connectivity index (χ3n) is 21.9. The van der Waals surface area contributed by atoms with E-state index in [1.807, 2.05) is 48.5 Å². The lowest BCUT2D eigenvalue weighted by atomic mass is 9.80. The Morgan fingerprint density at radius 1 is 0.333 bits per heavy atom. The average molecular weight is 1680 g/mol. The first-order valence-corrected chi connectivity index (χ1v) is 39.5. The topological polar surface area (TPSA) is 306 Å². The van der Waals surface area contributed by atoms with Gasteiger partial charge in [-0.1, -0.05) is 110 Å². The minimum Gasteiger partial charge on any atom is -0.497 e. The van der Waals surface area contributed by atoms with Gasteiger partial charge in [0.25, 0.3) is 23.6 Å². The number of para-hydroxylation sites is 4. The van der Waals surface area contributed by atoms with E-state index in [1.165, 1.54) is 103 Å². The molecule has 19 rings (SSSR count). The van der Waals surface area contributed by atoms with Gasteiger partial charge in [-0.25, -0.2) is 29.1 Å². The number of pyridine rings is 2. The molecule has 13 aromatic carbocycles. The van der Waals surface area contributed by atoms with Crippen LogP contribution in [0, 0.1) is 0 Å². The van der Waals surface area contributed by atoms with Crippen LogP contribution in [0.1, 0.15) is 66.4 Å². The molecular weight excluding hydrogens is 1610 g/mol. The van der Waals surface area contributed by atoms with Crippen molar-refractivity contribution < 1.29 is 104 Å². The van der Waals surface area contributed by atoms with Crippen LogP contribution in [-0.4, -0.2) is 108 Å². The molecule has 0 bridgehead atoms. The van der Waals surface area contributed by atoms with Gasteiger partial charge in [0.2, 0.25) is 11.8 Å². The minimum absolute atomic E-state index is 0.0331. The van der Waals surface area contributed by atoms with Crippen LogP contribution in [0.4, 0.5) is 0 Å². The van der Waals surface area contributed by atoms with E-state index < -0.39 is 72.4 Å². The number of carbonyl (C=O) groups excluding carboxylic acids is 8. The van der Waals surface area contributed by atoms with Crippen molar-refractivity contribution in [2.24, 2.45) is 0 Å². The normalized spacial score (nSPS) is 12.9. The number of furan rings is 2. The second-order valence-corrected chi connectivity index (χ2v) is 29.8. The number of methoxy groups -OCH3 is 4. The maximum Gasteiger partial charge on any atom is 0.338 e. The molecule has 17 aromatic rings. The molecule has 2 atom stereocenters. The van der Waals surface area contributed by atoms with Crippen molar-refractivity contribution in [3.63, 3.8) is 0 Å². The van der Waals surface area contributed by atoms with Crippen LogP contribution < -0.4 is 56.8 Å². The largest absolute Gasteiger partial charge is 0.497 e. The Balaban J connectivity index is 0.906. The van der Waals surface area contributed by atoms with Crippen LogP contribution in [0.3, 0.4) is 0 Å². The highest BCUT2D eigenvalue weighted by Gasteiger charge is 2.48. The summed E-state index contributed by atoms with van der Waals surface area (Å²) in [5, 5.41) is 3.10. The number of benzene rings is 13. The van der Waals surface area contributed by atoms with Gasteiger partial charge >= 0.3 is 23.9 Å². The monoisotopic (exact) mass is 1680 g/mol. The molecule has 0 aliphatic carbocycles. The number of imide groups is 2. The fourth-order valence-electron chi connectivity index (χ4n) is 16.3. The predicted octanol–water partition coefficient (Wildman–Crippen LogP) is 20.1. The van der Waals surface area contributed by atoms with E-state index >= 15 is 28.8 Å². The zero-order valence-electron chi connectivity index (χ0n) is 67.8. The summed E-state index contributed by atoms with van der Waals surface area (Å²) < 4.78 is 89.0. The summed E-state index contributed by atoms with van der Waals surface area (Å²) in [6.45, 7) is 10.3. The SMILES string of the molecule is C=C(C)C(=O)Oc1ccnc(OC(=O)C(Cc2cccc3c2oc2ccccc23)N2C(=O)c3cc(Oc4cccc(OC)c4)c4c5c(Oc6cccc(OC)c6)cc6c7c(cc(Oc8cccc(OC)c8)c(c8c(Oc9cccc(OC)c9)cc(c3c48)C2=O)c75)C(=O)N(C(Cc2cccc3c2oc2ccccc23)C(=O)Oc2cc(OC(=O)C(=C)C)ccn2)C6=O)c1. The number of esters is 4. The summed E-state index contributed by atoms with van der Waals surface area (Å²) in [6, 6.07) is 58.6. The molecule has 0 N–H and O–H groups in total. The number of nitrogens with zero attached hydrogens (tertiary/aromatic N) is 4. The fourth-order valence-corrected chi connectivity index (χ4v) is 16.3. The van der Waals surface area contributed by atoms with Crippen molar-refractivity contribution >= 4 is 134 Å². The molecule has 4 amide bonds. The molecule has 0 fully saturated rings. The number of hydrogen-bond acceptors (Lipinski definition) is 24. The molecule has 620 valence electrons. The van der Waals surface area contributed by atoms with E-state index in [4.69, 9.17) is 65.7 Å². The van der Waals surface area contributed by atoms with Crippen LogP contribution in [0.2, 0.25) is 0 Å². The molecular formula is C100H68N4O22. The van der Waals surface area contributed by atoms with Crippen molar-refractivity contribution in [3.05, 3.63) is 301 Å². The summed E-state index contributed by atoms with van der Waals surface area (Å²) in [4.78, 5) is 136. The molecule has 0 saturated carbocycles. The molecule has 126 heavy (non-hydrogen) atoms. The average Bonchev–Trinajstić information content (AvgIpc) is 0.770. The lowest BCUT2D eigenvalue weighted by molar-refractivity contribution is -0.139. The van der Waals surface area contributed by atoms with Gasteiger partial charge in [-0.3, -0.25) is 29.0 Å². The molecule has 2 aliphatic rings. The minimum atomic E-state index is -1.91. The number of fused-ring (bicyclic) bond motifs is 8. The fraction of sp³-hybridized carbons (Fsp3) is 0.100. The first-order chi connectivity index (χ1) is 61.2. The van der Waals surface area contributed by atoms with Gasteiger partial charge in [0, 0.05) is 137 Å². The van der Waals surface area contributed by atoms with E-state index in [2.05, 4.69) is 23.1 Å². The third kappa shape index (κ3) is 14.0. The van der Waals surface area contributed by atoms with Crippen LogP contribution in [0.15, 0.2) is 276 Å². The van der Waals surface area contributed by atoms with Crippen molar-refractivity contribution in [1.29, 1.82) is 0 Å². The van der Waals surface area contributed by atoms with Crippen LogP contribution in [0.5, 0.6) is 92.3 Å². The van der Waals surface area contributed by atoms with Crippen molar-refractivity contribution in [1.82, 2.24) is 19.8 Å². The highest BCUT2D eigenvalue weighted by atomic mass is 16.6. The first-order valence-electron chi connectivity index (χ1n) is 39.5. The van der Waals surface area contributed by atoms with Gasteiger partial charge in [-0.2, -0.15) is 0 Å². The van der Waals surface area contributed by atoms with Gasteiger partial charge in [-0.05, 0) is 122 Å². The van der Waals surface area contributed by atoms with E-state index in [9.17, 15) is 9.59 Å². The van der Waals surface area contributed by atoms with E-state index in [1.54, 1.807) is 133 Å². The molecule has 6 heterocycles. The summed E-state index contributed by atoms with van der Waals surface area (Å²) in [6.07, 6.45) is 1.58. The summed E-state index contributed by atoms with van der Waals surface area (Å²) in [5.74, 6) is -7.78. The Morgan fingerprint density at radius 3 is 0.952 bits per heavy atom. The summed E-state index contributed by atoms with van der Waals surface area (Å²) in [5.41, 5.74) is 1.63. The molecule has 0 spiro atoms. The van der Waals surface area contributed by atoms with Crippen LogP contribution in [-0.2, 0) is 32.0 Å². The molecule has 26 nitrogen and oxygen atoms in total. The maximum atomic E-state index is 17.1. The standard InChI is InChI=1S/C100H68N4O22/c1-51(2)97(109)121-63-35-37-101-81(45-63)125-99(111)73(39-53-19-13-31-67-65-29-9-11-33-75(65)123-91(53)67)103-93(105)69-47-77(117-59-25-15-21-55(41-59)113-5)85-87-79(119-61-27-17-23-57(43-61)115-7)49-71-84-72(50-80(120-62-28-18-24-58(44-62)116-8)88(90(84)87)86-78(48-70(94(103)106)83(69)89(85)86)118-60-26-16-22-56(42-60)114-6)96(108)104(95(71)107)74(100(112)126-82-46-64(36-38-102-82)122-98(110)52(3)4)40-54-20-14-32-68-66-30-10-12-34-76(66)124-92(54)68/h9-38,41-50,73-74H,1,3,39-40H2,2,4-8H3. The van der Waals surface area contributed by atoms with Crippen LogP contribution >= 0.6 is 0 Å². The van der Waals surface area contributed by atoms with Crippen LogP contribution in [0.25, 0.3) is 87.0 Å². The number of amides is 4. The van der Waals surface area contributed by atoms with Crippen molar-refractivity contribution in [2.45, 2.75) is 38.8 Å². The molecule has 2 unspecified atom stereocenters. The molecule has 2 aliphatic heterocycles. The second kappa shape index (κ2) is 31.9. The summed E-state index contributed by atoms with van der Waals surface area (Å²) >= 11 is 0. The highest BCUT2D eigenvalue weighted by molar-refractivity contribution is 6.45. The molecule has 26 heteroatoms. The quantitative estimate of drug-likeness (QED) is 0.0160. The maximum absolute atomic E-state index is 17.1. The van der Waals surface area contributed by atoms with Gasteiger partial charge < -0.3 is 65.7 Å². The van der Waals surface area contributed by atoms with E-state index in [0.717, 1.165) is 20.6 Å². The van der Waals surface area contributed by atoms with Crippen molar-refractivity contribution in [3.8, 4) is 92.3 Å². The highest BCUT2D eigenvalue weighted by Crippen LogP contribution is 2.59. The predicted molar refractivity (Wildman–Crippen MR) is 464 cm³/mol. The molecule has 4 aromatic heterocycles. The summed E-state index contributed by atoms with van der Waals surface area (Å²) in [7, 11) is 5.87. The Hall–Kier alpha value is -16.9. The third-order valence-corrected chi connectivity index (χ3v) is 21.9. The Labute approximate surface area is 714 Å². The zero-order valence-corrected chi connectivity index (χ0v) is 67.8. The lowest BCUT2D eigenvalue weighted by Crippen LogP contribution is -2.53. The Kier molecular flexibility index (Phi) is 20.0. The Morgan fingerprint density at radius 2 is 0.635 bits per heavy atom. The van der Waals surface area contributed by atoms with Gasteiger partial charge in [0.1, 0.15) is 115 Å². The number of rotatable bonds is 26. The number of hydrogen-bond donors (Lipinski definition) is 0. The second-order valence-electron chi connectivity index (χ2n) is 29.8. The number of carbonyl (C=O) groups is 8. The Bertz CT molecular complexity index is 6880. The first kappa shape index (κ1) is 78.9. The van der Waals surface area contributed by atoms with E-state index in [-0.39, 0.29) is 146 Å². The molecule has 0 radical (unpaired) electrons. The number of ether oxygens (including phenoxy) is 12. The van der Waals surface area contributed by atoms with Gasteiger partial charge in [0.15, 0.2) is 0 Å². The van der Waals surface area contributed by atoms with Crippen molar-refractivity contribution in [2.75, 3.05) is 28.4 Å². The smallest absolute Gasteiger partial charge is 0.338 e. The zero-order chi connectivity index (χ0) is 87.0. The lowest BCUT2D eigenvalue weighted by Gasteiger charge is -2.35. The van der Waals surface area contributed by atoms with E-state index in [0.29, 0.717) is 67.2 Å².